The van der Waals surface area contributed by atoms with Crippen molar-refractivity contribution in [1.82, 2.24) is 4.90 Å². The van der Waals surface area contributed by atoms with Crippen molar-refractivity contribution in [1.29, 1.82) is 0 Å². The highest BCUT2D eigenvalue weighted by Crippen LogP contribution is 2.39. The second kappa shape index (κ2) is 7.76. The highest BCUT2D eigenvalue weighted by atomic mass is 16.5. The molecule has 0 aromatic heterocycles. The van der Waals surface area contributed by atoms with Gasteiger partial charge in [0.05, 0.1) is 18.2 Å². The molecule has 0 aliphatic carbocycles. The number of hydrogen-bond acceptors (Lipinski definition) is 4. The summed E-state index contributed by atoms with van der Waals surface area (Å²) < 4.78 is 5.10. The Balaban J connectivity index is 2.14. The highest BCUT2D eigenvalue weighted by molar-refractivity contribution is 6.46. The quantitative estimate of drug-likeness (QED) is 0.501. The predicted octanol–water partition coefficient (Wildman–Crippen LogP) is 3.37. The van der Waals surface area contributed by atoms with E-state index in [4.69, 9.17) is 4.74 Å². The first-order valence-corrected chi connectivity index (χ1v) is 8.85. The first-order valence-electron chi connectivity index (χ1n) is 8.85. The van der Waals surface area contributed by atoms with E-state index in [1.807, 2.05) is 50.2 Å². The van der Waals surface area contributed by atoms with Crippen LogP contribution in [0.15, 0.2) is 54.1 Å². The Morgan fingerprint density at radius 3 is 2.11 bits per heavy atom. The molecule has 1 fully saturated rings. The highest BCUT2D eigenvalue weighted by Gasteiger charge is 2.45. The number of amides is 1. The SMILES string of the molecule is COCCN1C(=O)C(=O)C(=C(O)c2ccc(C)cc2)C1c1ccc(C)cc1. The number of benzene rings is 2. The van der Waals surface area contributed by atoms with Gasteiger partial charge in [-0.05, 0) is 19.4 Å². The molecule has 2 aromatic rings. The van der Waals surface area contributed by atoms with Crippen LogP contribution >= 0.6 is 0 Å². The molecule has 3 rings (SSSR count). The first-order chi connectivity index (χ1) is 12.9. The third-order valence-electron chi connectivity index (χ3n) is 4.79. The lowest BCUT2D eigenvalue weighted by molar-refractivity contribution is -0.140. The smallest absolute Gasteiger partial charge is 0.295 e. The second-order valence-corrected chi connectivity index (χ2v) is 6.76. The number of aliphatic hydroxyl groups excluding tert-OH is 1. The van der Waals surface area contributed by atoms with Gasteiger partial charge in [0.2, 0.25) is 0 Å². The van der Waals surface area contributed by atoms with Crippen LogP contribution in [0.5, 0.6) is 0 Å². The summed E-state index contributed by atoms with van der Waals surface area (Å²) in [6.45, 7) is 4.49. The van der Waals surface area contributed by atoms with Crippen molar-refractivity contribution in [3.05, 3.63) is 76.4 Å². The zero-order valence-electron chi connectivity index (χ0n) is 15.7. The molecular weight excluding hydrogens is 342 g/mol. The average Bonchev–Trinajstić information content (AvgIpc) is 2.91. The molecule has 0 radical (unpaired) electrons. The zero-order chi connectivity index (χ0) is 19.6. The van der Waals surface area contributed by atoms with Gasteiger partial charge in [0, 0.05) is 19.2 Å². The molecular formula is C22H23NO4. The lowest BCUT2D eigenvalue weighted by Crippen LogP contribution is -2.32. The van der Waals surface area contributed by atoms with E-state index >= 15 is 0 Å². The summed E-state index contributed by atoms with van der Waals surface area (Å²) in [5.74, 6) is -1.44. The minimum absolute atomic E-state index is 0.115. The molecule has 5 heteroatoms. The Morgan fingerprint density at radius 2 is 1.56 bits per heavy atom. The average molecular weight is 365 g/mol. The van der Waals surface area contributed by atoms with E-state index < -0.39 is 17.7 Å². The molecule has 1 atom stereocenters. The molecule has 1 N–H and O–H groups in total. The summed E-state index contributed by atoms with van der Waals surface area (Å²) in [6, 6.07) is 14.2. The van der Waals surface area contributed by atoms with Gasteiger partial charge in [-0.15, -0.1) is 0 Å². The minimum atomic E-state index is -0.672. The van der Waals surface area contributed by atoms with Crippen LogP contribution in [-0.4, -0.2) is 42.0 Å². The number of rotatable bonds is 5. The molecule has 5 nitrogen and oxygen atoms in total. The van der Waals surface area contributed by atoms with E-state index in [1.165, 1.54) is 4.90 Å². The maximum atomic E-state index is 12.8. The van der Waals surface area contributed by atoms with Gasteiger partial charge in [-0.2, -0.15) is 0 Å². The number of ketones is 1. The molecule has 27 heavy (non-hydrogen) atoms. The first kappa shape index (κ1) is 18.9. The van der Waals surface area contributed by atoms with E-state index in [2.05, 4.69) is 0 Å². The molecule has 1 aliphatic heterocycles. The number of hydrogen-bond donors (Lipinski definition) is 1. The molecule has 1 unspecified atom stereocenters. The number of ether oxygens (including phenoxy) is 1. The number of aliphatic hydroxyl groups is 1. The van der Waals surface area contributed by atoms with Gasteiger partial charge in [-0.3, -0.25) is 9.59 Å². The fourth-order valence-corrected chi connectivity index (χ4v) is 3.26. The van der Waals surface area contributed by atoms with Crippen LogP contribution < -0.4 is 0 Å². The van der Waals surface area contributed by atoms with Crippen LogP contribution in [0.1, 0.15) is 28.3 Å². The molecule has 0 bridgehead atoms. The topological polar surface area (TPSA) is 66.8 Å². The van der Waals surface area contributed by atoms with Gasteiger partial charge in [0.25, 0.3) is 11.7 Å². The maximum absolute atomic E-state index is 12.8. The lowest BCUT2D eigenvalue weighted by atomic mass is 9.94. The molecule has 0 saturated carbocycles. The number of aryl methyl sites for hydroxylation is 2. The zero-order valence-corrected chi connectivity index (χ0v) is 15.7. The van der Waals surface area contributed by atoms with Crippen LogP contribution in [-0.2, 0) is 14.3 Å². The number of methoxy groups -OCH3 is 1. The Labute approximate surface area is 158 Å². The van der Waals surface area contributed by atoms with E-state index in [9.17, 15) is 14.7 Å². The Hall–Kier alpha value is -2.92. The summed E-state index contributed by atoms with van der Waals surface area (Å²) in [6.07, 6.45) is 0. The summed E-state index contributed by atoms with van der Waals surface area (Å²) in [7, 11) is 1.55. The summed E-state index contributed by atoms with van der Waals surface area (Å²) in [4.78, 5) is 26.9. The van der Waals surface area contributed by atoms with Gasteiger partial charge >= 0.3 is 0 Å². The van der Waals surface area contributed by atoms with Crippen molar-refractivity contribution in [3.8, 4) is 0 Å². The minimum Gasteiger partial charge on any atom is -0.507 e. The van der Waals surface area contributed by atoms with Crippen LogP contribution in [0, 0.1) is 13.8 Å². The van der Waals surface area contributed by atoms with Crippen molar-refractivity contribution in [2.24, 2.45) is 0 Å². The molecule has 2 aromatic carbocycles. The normalized spacial score (nSPS) is 18.9. The standard InChI is InChI=1S/C22H23NO4/c1-14-4-8-16(9-5-14)19-18(20(24)17-10-6-15(2)7-11-17)21(25)22(26)23(19)12-13-27-3/h4-11,19,24H,12-13H2,1-3H3. The molecule has 1 saturated heterocycles. The number of likely N-dealkylation sites (tertiary alicyclic amines) is 1. The van der Waals surface area contributed by atoms with Crippen molar-refractivity contribution >= 4 is 17.4 Å². The third kappa shape index (κ3) is 3.64. The monoisotopic (exact) mass is 365 g/mol. The van der Waals surface area contributed by atoms with Crippen molar-refractivity contribution in [2.75, 3.05) is 20.3 Å². The largest absolute Gasteiger partial charge is 0.507 e. The van der Waals surface area contributed by atoms with Crippen molar-refractivity contribution < 1.29 is 19.4 Å². The van der Waals surface area contributed by atoms with E-state index in [1.54, 1.807) is 19.2 Å². The molecule has 1 heterocycles. The van der Waals surface area contributed by atoms with Crippen molar-refractivity contribution in [3.63, 3.8) is 0 Å². The van der Waals surface area contributed by atoms with Crippen LogP contribution in [0.4, 0.5) is 0 Å². The van der Waals surface area contributed by atoms with Crippen molar-refractivity contribution in [2.45, 2.75) is 19.9 Å². The van der Waals surface area contributed by atoms with Gasteiger partial charge in [0.1, 0.15) is 5.76 Å². The third-order valence-corrected chi connectivity index (χ3v) is 4.79. The molecule has 140 valence electrons. The number of carbonyl (C=O) groups is 2. The number of nitrogens with zero attached hydrogens (tertiary/aromatic N) is 1. The van der Waals surface area contributed by atoms with Crippen LogP contribution in [0.25, 0.3) is 5.76 Å². The van der Waals surface area contributed by atoms with Gasteiger partial charge in [0.15, 0.2) is 0 Å². The Morgan fingerprint density at radius 1 is 1.00 bits per heavy atom. The molecule has 1 aliphatic rings. The fraction of sp³-hybridized carbons (Fsp3) is 0.273. The Bertz CT molecular complexity index is 882. The lowest BCUT2D eigenvalue weighted by Gasteiger charge is -2.25. The number of Topliss-reactive ketones (excluding diaryl/α,β-unsaturated/α-hetero) is 1. The van der Waals surface area contributed by atoms with Crippen LogP contribution in [0.3, 0.4) is 0 Å². The predicted molar refractivity (Wildman–Crippen MR) is 103 cm³/mol. The van der Waals surface area contributed by atoms with E-state index in [0.717, 1.165) is 16.7 Å². The summed E-state index contributed by atoms with van der Waals surface area (Å²) >= 11 is 0. The van der Waals surface area contributed by atoms with E-state index in [0.29, 0.717) is 12.2 Å². The molecule has 0 spiro atoms. The summed E-state index contributed by atoms with van der Waals surface area (Å²) in [5, 5.41) is 10.9. The van der Waals surface area contributed by atoms with Gasteiger partial charge < -0.3 is 14.7 Å². The fourth-order valence-electron chi connectivity index (χ4n) is 3.26. The second-order valence-electron chi connectivity index (χ2n) is 6.76. The van der Waals surface area contributed by atoms with Gasteiger partial charge in [-0.1, -0.05) is 59.7 Å². The number of carbonyl (C=O) groups excluding carboxylic acids is 2. The van der Waals surface area contributed by atoms with E-state index in [-0.39, 0.29) is 17.9 Å². The van der Waals surface area contributed by atoms with Crippen LogP contribution in [0.2, 0.25) is 0 Å². The summed E-state index contributed by atoms with van der Waals surface area (Å²) in [5.41, 5.74) is 3.53. The Kier molecular flexibility index (Phi) is 5.42. The molecule has 1 amide bonds. The maximum Gasteiger partial charge on any atom is 0.295 e. The van der Waals surface area contributed by atoms with Gasteiger partial charge in [-0.25, -0.2) is 0 Å².